The third-order valence-corrected chi connectivity index (χ3v) is 3.40. The summed E-state index contributed by atoms with van der Waals surface area (Å²) in [5.74, 6) is 1.17. The molecule has 1 aromatic carbocycles. The number of benzene rings is 1. The Balaban J connectivity index is 2.36. The minimum Gasteiger partial charge on any atom is -0.311 e. The Bertz CT molecular complexity index is 552. The first-order valence-electron chi connectivity index (χ1n) is 6.38. The van der Waals surface area contributed by atoms with Crippen LogP contribution in [0.2, 0.25) is 0 Å². The Morgan fingerprint density at radius 3 is 2.37 bits per heavy atom. The van der Waals surface area contributed by atoms with Gasteiger partial charge in [-0.2, -0.15) is 0 Å². The Morgan fingerprint density at radius 2 is 1.84 bits per heavy atom. The molecule has 3 nitrogen and oxygen atoms in total. The van der Waals surface area contributed by atoms with Gasteiger partial charge in [-0.3, -0.25) is 0 Å². The fraction of sp³-hybridized carbons (Fsp3) is 0.333. The number of anilines is 2. The molecule has 0 N–H and O–H groups in total. The van der Waals surface area contributed by atoms with Gasteiger partial charge in [-0.25, -0.2) is 9.97 Å². The van der Waals surface area contributed by atoms with Gasteiger partial charge in [-0.05, 0) is 32.9 Å². The minimum atomic E-state index is 0.447. The van der Waals surface area contributed by atoms with Crippen molar-refractivity contribution in [2.45, 2.75) is 26.7 Å². The van der Waals surface area contributed by atoms with Crippen LogP contribution in [0.5, 0.6) is 0 Å². The maximum absolute atomic E-state index is 5.84. The summed E-state index contributed by atoms with van der Waals surface area (Å²) >= 11 is 5.84. The molecule has 0 saturated heterocycles. The largest absolute Gasteiger partial charge is 0.311 e. The summed E-state index contributed by atoms with van der Waals surface area (Å²) in [4.78, 5) is 11.0. The maximum atomic E-state index is 5.84. The molecule has 0 aliphatic heterocycles. The molecule has 2 aromatic rings. The molecule has 4 heteroatoms. The third-order valence-electron chi connectivity index (χ3n) is 3.12. The van der Waals surface area contributed by atoms with E-state index in [0.29, 0.717) is 5.88 Å². The van der Waals surface area contributed by atoms with Gasteiger partial charge in [0.1, 0.15) is 0 Å². The lowest BCUT2D eigenvalue weighted by Gasteiger charge is -2.21. The Labute approximate surface area is 119 Å². The molecule has 2 rings (SSSR count). The van der Waals surface area contributed by atoms with Crippen molar-refractivity contribution >= 4 is 23.2 Å². The molecule has 1 aromatic heterocycles. The van der Waals surface area contributed by atoms with Gasteiger partial charge < -0.3 is 4.90 Å². The summed E-state index contributed by atoms with van der Waals surface area (Å²) in [6, 6.07) is 8.37. The van der Waals surface area contributed by atoms with Crippen LogP contribution in [-0.2, 0) is 5.88 Å². The van der Waals surface area contributed by atoms with Crippen LogP contribution in [0, 0.1) is 13.8 Å². The predicted octanol–water partition coefficient (Wildman–Crippen LogP) is 3.99. The van der Waals surface area contributed by atoms with Crippen LogP contribution >= 0.6 is 11.6 Å². The van der Waals surface area contributed by atoms with Crippen molar-refractivity contribution in [1.82, 2.24) is 9.97 Å². The molecule has 0 spiro atoms. The Kier molecular flexibility index (Phi) is 4.38. The highest BCUT2D eigenvalue weighted by Crippen LogP contribution is 2.23. The average Bonchev–Trinajstić information content (AvgIpc) is 2.42. The molecule has 1 heterocycles. The van der Waals surface area contributed by atoms with Gasteiger partial charge in [0.25, 0.3) is 0 Å². The normalized spacial score (nSPS) is 10.5. The van der Waals surface area contributed by atoms with E-state index in [1.54, 1.807) is 0 Å². The number of halogens is 1. The van der Waals surface area contributed by atoms with E-state index in [2.05, 4.69) is 53.0 Å². The van der Waals surface area contributed by atoms with Crippen molar-refractivity contribution in [2.24, 2.45) is 0 Å². The number of nitrogens with zero attached hydrogens (tertiary/aromatic N) is 3. The molecule has 19 heavy (non-hydrogen) atoms. The maximum Gasteiger partial charge on any atom is 0.230 e. The van der Waals surface area contributed by atoms with Crippen molar-refractivity contribution < 1.29 is 0 Å². The van der Waals surface area contributed by atoms with Gasteiger partial charge in [-0.1, -0.05) is 17.7 Å². The molecule has 0 aliphatic rings. The van der Waals surface area contributed by atoms with E-state index in [0.717, 1.165) is 29.4 Å². The second kappa shape index (κ2) is 6.02. The number of rotatable bonds is 4. The lowest BCUT2D eigenvalue weighted by molar-refractivity contribution is 0.923. The first kappa shape index (κ1) is 13.8. The van der Waals surface area contributed by atoms with Crippen LogP contribution in [0.3, 0.4) is 0 Å². The molecule has 0 amide bonds. The zero-order valence-corrected chi connectivity index (χ0v) is 12.3. The van der Waals surface area contributed by atoms with E-state index in [1.165, 1.54) is 5.56 Å². The highest BCUT2D eigenvalue weighted by Gasteiger charge is 2.11. The number of aromatic nitrogens is 2. The Morgan fingerprint density at radius 1 is 1.16 bits per heavy atom. The van der Waals surface area contributed by atoms with Crippen LogP contribution in [0.1, 0.15) is 23.7 Å². The smallest absolute Gasteiger partial charge is 0.230 e. The molecule has 0 saturated carbocycles. The average molecular weight is 276 g/mol. The summed E-state index contributed by atoms with van der Waals surface area (Å²) in [5, 5.41) is 0. The molecular formula is C15H18ClN3. The summed E-state index contributed by atoms with van der Waals surface area (Å²) in [7, 11) is 0. The van der Waals surface area contributed by atoms with Gasteiger partial charge in [0, 0.05) is 29.7 Å². The molecule has 0 atom stereocenters. The van der Waals surface area contributed by atoms with E-state index in [-0.39, 0.29) is 0 Å². The topological polar surface area (TPSA) is 29.0 Å². The number of hydrogen-bond acceptors (Lipinski definition) is 3. The summed E-state index contributed by atoms with van der Waals surface area (Å²) in [6.07, 6.45) is 1.81. The van der Waals surface area contributed by atoms with E-state index in [9.17, 15) is 0 Å². The molecule has 0 aliphatic carbocycles. The van der Waals surface area contributed by atoms with Gasteiger partial charge in [0.2, 0.25) is 5.95 Å². The zero-order valence-electron chi connectivity index (χ0n) is 11.5. The van der Waals surface area contributed by atoms with Crippen LogP contribution in [0.25, 0.3) is 0 Å². The highest BCUT2D eigenvalue weighted by atomic mass is 35.5. The molecule has 0 bridgehead atoms. The number of hydrogen-bond donors (Lipinski definition) is 0. The lowest BCUT2D eigenvalue weighted by Crippen LogP contribution is -2.19. The van der Waals surface area contributed by atoms with Gasteiger partial charge in [0.05, 0.1) is 5.88 Å². The first-order chi connectivity index (χ1) is 9.15. The fourth-order valence-corrected chi connectivity index (χ4v) is 2.17. The van der Waals surface area contributed by atoms with Gasteiger partial charge >= 0.3 is 0 Å². The SMILES string of the molecule is CCN(c1ccc(C)cc1)c1ncc(CCl)c(C)n1. The highest BCUT2D eigenvalue weighted by molar-refractivity contribution is 6.17. The number of alkyl halides is 1. The van der Waals surface area contributed by atoms with E-state index >= 15 is 0 Å². The Hall–Kier alpha value is -1.61. The van der Waals surface area contributed by atoms with E-state index < -0.39 is 0 Å². The summed E-state index contributed by atoms with van der Waals surface area (Å²) in [5.41, 5.74) is 4.26. The third kappa shape index (κ3) is 3.04. The predicted molar refractivity (Wildman–Crippen MR) is 80.2 cm³/mol. The number of aryl methyl sites for hydroxylation is 2. The van der Waals surface area contributed by atoms with Crippen molar-refractivity contribution in [1.29, 1.82) is 0 Å². The molecule has 100 valence electrons. The zero-order chi connectivity index (χ0) is 13.8. The van der Waals surface area contributed by atoms with Crippen LogP contribution in [0.15, 0.2) is 30.5 Å². The van der Waals surface area contributed by atoms with Crippen molar-refractivity contribution in [3.8, 4) is 0 Å². The molecule has 0 radical (unpaired) electrons. The molecular weight excluding hydrogens is 258 g/mol. The fourth-order valence-electron chi connectivity index (χ4n) is 1.91. The van der Waals surface area contributed by atoms with Crippen LogP contribution < -0.4 is 4.90 Å². The standard InChI is InChI=1S/C15H18ClN3/c1-4-19(14-7-5-11(2)6-8-14)15-17-10-13(9-16)12(3)18-15/h5-8,10H,4,9H2,1-3H3. The van der Waals surface area contributed by atoms with Crippen LogP contribution in [-0.4, -0.2) is 16.5 Å². The first-order valence-corrected chi connectivity index (χ1v) is 6.91. The van der Waals surface area contributed by atoms with Crippen molar-refractivity contribution in [3.05, 3.63) is 47.3 Å². The van der Waals surface area contributed by atoms with Gasteiger partial charge in [-0.15, -0.1) is 11.6 Å². The monoisotopic (exact) mass is 275 g/mol. The second-order valence-corrected chi connectivity index (χ2v) is 4.76. The van der Waals surface area contributed by atoms with Gasteiger partial charge in [0.15, 0.2) is 0 Å². The van der Waals surface area contributed by atoms with Crippen molar-refractivity contribution in [3.63, 3.8) is 0 Å². The molecule has 0 fully saturated rings. The van der Waals surface area contributed by atoms with Crippen molar-refractivity contribution in [2.75, 3.05) is 11.4 Å². The van der Waals surface area contributed by atoms with Crippen LogP contribution in [0.4, 0.5) is 11.6 Å². The summed E-state index contributed by atoms with van der Waals surface area (Å²) < 4.78 is 0. The van der Waals surface area contributed by atoms with E-state index in [1.807, 2.05) is 13.1 Å². The quantitative estimate of drug-likeness (QED) is 0.790. The molecule has 0 unspecified atom stereocenters. The minimum absolute atomic E-state index is 0.447. The second-order valence-electron chi connectivity index (χ2n) is 4.49. The summed E-state index contributed by atoms with van der Waals surface area (Å²) in [6.45, 7) is 6.96. The lowest BCUT2D eigenvalue weighted by atomic mass is 10.2. The van der Waals surface area contributed by atoms with E-state index in [4.69, 9.17) is 11.6 Å².